The highest BCUT2D eigenvalue weighted by Crippen LogP contribution is 2.52. The van der Waals surface area contributed by atoms with Crippen LogP contribution in [0.5, 0.6) is 0 Å². The predicted octanol–water partition coefficient (Wildman–Crippen LogP) is 2.23. The second-order valence-corrected chi connectivity index (χ2v) is 8.83. The molecule has 0 aromatic rings. The third-order valence-corrected chi connectivity index (χ3v) is 5.96. The van der Waals surface area contributed by atoms with Gasteiger partial charge in [-0.05, 0) is 42.9 Å². The average molecular weight is 292 g/mol. The van der Waals surface area contributed by atoms with Gasteiger partial charge in [-0.1, -0.05) is 27.7 Å². The molecule has 3 fully saturated rings. The Morgan fingerprint density at radius 1 is 0.952 bits per heavy atom. The van der Waals surface area contributed by atoms with Gasteiger partial charge in [0.25, 0.3) is 0 Å². The largest absolute Gasteiger partial charge is 0.353 e. The Morgan fingerprint density at radius 3 is 1.81 bits per heavy atom. The molecule has 3 rings (SSSR count). The fraction of sp³-hybridized carbons (Fsp3) is 0.882. The Balaban J connectivity index is 1.50. The van der Waals surface area contributed by atoms with E-state index in [1.807, 2.05) is 0 Å². The van der Waals surface area contributed by atoms with Crippen molar-refractivity contribution in [3.63, 3.8) is 0 Å². The second kappa shape index (κ2) is 4.47. The molecule has 0 radical (unpaired) electrons. The predicted molar refractivity (Wildman–Crippen MR) is 81.5 cm³/mol. The van der Waals surface area contributed by atoms with Crippen molar-refractivity contribution >= 4 is 11.8 Å². The Bertz CT molecular complexity index is 477. The van der Waals surface area contributed by atoms with E-state index in [4.69, 9.17) is 0 Å². The van der Waals surface area contributed by atoms with Crippen molar-refractivity contribution in [3.8, 4) is 0 Å². The van der Waals surface area contributed by atoms with E-state index in [-0.39, 0.29) is 40.0 Å². The lowest BCUT2D eigenvalue weighted by Gasteiger charge is -2.43. The highest BCUT2D eigenvalue weighted by atomic mass is 16.2. The van der Waals surface area contributed by atoms with Gasteiger partial charge in [0.15, 0.2) is 0 Å². The lowest BCUT2D eigenvalue weighted by molar-refractivity contribution is -0.128. The summed E-state index contributed by atoms with van der Waals surface area (Å²) in [6.07, 6.45) is 5.07. The van der Waals surface area contributed by atoms with Crippen molar-refractivity contribution in [2.24, 2.45) is 22.7 Å². The molecular weight excluding hydrogens is 264 g/mol. The first-order valence-electron chi connectivity index (χ1n) is 8.25. The van der Waals surface area contributed by atoms with Crippen LogP contribution < -0.4 is 10.6 Å². The van der Waals surface area contributed by atoms with Crippen molar-refractivity contribution in [1.29, 1.82) is 0 Å². The number of hydrogen-bond donors (Lipinski definition) is 2. The van der Waals surface area contributed by atoms with Gasteiger partial charge < -0.3 is 10.6 Å². The van der Waals surface area contributed by atoms with Gasteiger partial charge in [0.1, 0.15) is 0 Å². The number of carbonyl (C=O) groups excluding carboxylic acids is 2. The van der Waals surface area contributed by atoms with Crippen LogP contribution in [0.3, 0.4) is 0 Å². The molecule has 0 aromatic heterocycles. The molecule has 4 heteroatoms. The molecule has 2 amide bonds. The third-order valence-electron chi connectivity index (χ3n) is 5.96. The van der Waals surface area contributed by atoms with Gasteiger partial charge in [-0.15, -0.1) is 0 Å². The van der Waals surface area contributed by atoms with Gasteiger partial charge in [-0.2, -0.15) is 0 Å². The molecule has 2 N–H and O–H groups in total. The Labute approximate surface area is 127 Å². The van der Waals surface area contributed by atoms with E-state index in [0.717, 1.165) is 32.1 Å². The monoisotopic (exact) mass is 292 g/mol. The zero-order valence-electron chi connectivity index (χ0n) is 13.7. The molecule has 0 unspecified atom stereocenters. The van der Waals surface area contributed by atoms with Crippen LogP contribution >= 0.6 is 0 Å². The fourth-order valence-electron chi connectivity index (χ4n) is 3.51. The molecule has 0 heterocycles. The number of carbonyl (C=O) groups is 2. The van der Waals surface area contributed by atoms with E-state index in [1.165, 1.54) is 0 Å². The van der Waals surface area contributed by atoms with Gasteiger partial charge >= 0.3 is 0 Å². The van der Waals surface area contributed by atoms with E-state index in [9.17, 15) is 9.59 Å². The molecule has 0 spiro atoms. The van der Waals surface area contributed by atoms with Crippen molar-refractivity contribution < 1.29 is 9.59 Å². The minimum atomic E-state index is -0.176. The minimum absolute atomic E-state index is 0.160. The van der Waals surface area contributed by atoms with E-state index < -0.39 is 0 Å². The van der Waals surface area contributed by atoms with E-state index in [2.05, 4.69) is 38.3 Å². The third kappa shape index (κ3) is 2.82. The summed E-state index contributed by atoms with van der Waals surface area (Å²) in [6, 6.07) is 0. The molecule has 21 heavy (non-hydrogen) atoms. The maximum Gasteiger partial charge on any atom is 0.224 e. The summed E-state index contributed by atoms with van der Waals surface area (Å²) < 4.78 is 0. The molecule has 0 aliphatic heterocycles. The molecule has 118 valence electrons. The first-order valence-corrected chi connectivity index (χ1v) is 8.25. The van der Waals surface area contributed by atoms with Gasteiger partial charge in [0.05, 0.1) is 5.54 Å². The van der Waals surface area contributed by atoms with Crippen LogP contribution in [0.15, 0.2) is 0 Å². The van der Waals surface area contributed by atoms with Crippen LogP contribution in [-0.4, -0.2) is 23.9 Å². The van der Waals surface area contributed by atoms with E-state index >= 15 is 0 Å². The summed E-state index contributed by atoms with van der Waals surface area (Å²) in [5.41, 5.74) is 0.152. The van der Waals surface area contributed by atoms with Crippen LogP contribution in [0.2, 0.25) is 0 Å². The average Bonchev–Trinajstić information content (AvgIpc) is 3.17. The van der Waals surface area contributed by atoms with Crippen molar-refractivity contribution in [3.05, 3.63) is 0 Å². The zero-order valence-corrected chi connectivity index (χ0v) is 13.7. The van der Waals surface area contributed by atoms with Gasteiger partial charge in [0.2, 0.25) is 11.8 Å². The van der Waals surface area contributed by atoms with Gasteiger partial charge in [-0.3, -0.25) is 9.59 Å². The summed E-state index contributed by atoms with van der Waals surface area (Å²) >= 11 is 0. The van der Waals surface area contributed by atoms with Crippen LogP contribution in [0, 0.1) is 22.7 Å². The normalized spacial score (nSPS) is 33.5. The minimum Gasteiger partial charge on any atom is -0.353 e. The highest BCUT2D eigenvalue weighted by Gasteiger charge is 2.53. The molecule has 2 atom stereocenters. The number of rotatable bonds is 5. The lowest BCUT2D eigenvalue weighted by Crippen LogP contribution is -2.60. The molecule has 3 saturated carbocycles. The van der Waals surface area contributed by atoms with Crippen LogP contribution in [0.4, 0.5) is 0 Å². The summed E-state index contributed by atoms with van der Waals surface area (Å²) in [5, 5.41) is 6.30. The zero-order chi connectivity index (χ0) is 15.5. The molecule has 3 aliphatic rings. The summed E-state index contributed by atoms with van der Waals surface area (Å²) in [6.45, 7) is 9.14. The van der Waals surface area contributed by atoms with Crippen molar-refractivity contribution in [2.75, 3.05) is 6.54 Å². The Kier molecular flexibility index (Phi) is 3.16. The van der Waals surface area contributed by atoms with Crippen LogP contribution in [-0.2, 0) is 9.59 Å². The number of nitrogens with one attached hydrogen (secondary N) is 2. The quantitative estimate of drug-likeness (QED) is 0.816. The Morgan fingerprint density at radius 2 is 1.43 bits per heavy atom. The molecule has 4 nitrogen and oxygen atoms in total. The van der Waals surface area contributed by atoms with Crippen LogP contribution in [0.25, 0.3) is 0 Å². The fourth-order valence-corrected chi connectivity index (χ4v) is 3.51. The van der Waals surface area contributed by atoms with Crippen molar-refractivity contribution in [2.45, 2.75) is 65.3 Å². The van der Waals surface area contributed by atoms with E-state index in [1.54, 1.807) is 0 Å². The lowest BCUT2D eigenvalue weighted by atomic mass is 9.76. The highest BCUT2D eigenvalue weighted by molar-refractivity contribution is 5.84. The number of hydrogen-bond acceptors (Lipinski definition) is 2. The maximum absolute atomic E-state index is 12.3. The van der Waals surface area contributed by atoms with Gasteiger partial charge in [0, 0.05) is 18.4 Å². The van der Waals surface area contributed by atoms with Gasteiger partial charge in [-0.25, -0.2) is 0 Å². The first kappa shape index (κ1) is 14.9. The number of amides is 2. The smallest absolute Gasteiger partial charge is 0.224 e. The molecule has 0 saturated heterocycles. The molecular formula is C17H28N2O2. The summed E-state index contributed by atoms with van der Waals surface area (Å²) in [4.78, 5) is 24.4. The summed E-state index contributed by atoms with van der Waals surface area (Å²) in [5.74, 6) is 0.661. The standard InChI is InChI=1S/C17H28N2O2/c1-15(2)8-11(15)13(20)18-10-17(6-5-7-17)19-14(21)12-9-16(12,3)4/h11-12H,5-10H2,1-4H3,(H,18,20)(H,19,21)/t11-,12-/m1/s1. The SMILES string of the molecule is CC1(C)C[C@@H]1C(=O)NCC1(NC(=O)[C@H]2CC2(C)C)CCC1. The van der Waals surface area contributed by atoms with Crippen molar-refractivity contribution in [1.82, 2.24) is 10.6 Å². The molecule has 0 aromatic carbocycles. The molecule has 3 aliphatic carbocycles. The second-order valence-electron chi connectivity index (χ2n) is 8.83. The van der Waals surface area contributed by atoms with Crippen LogP contribution in [0.1, 0.15) is 59.8 Å². The Hall–Kier alpha value is -1.06. The molecule has 0 bridgehead atoms. The maximum atomic E-state index is 12.3. The first-order chi connectivity index (χ1) is 9.65. The summed E-state index contributed by atoms with van der Waals surface area (Å²) in [7, 11) is 0. The topological polar surface area (TPSA) is 58.2 Å². The van der Waals surface area contributed by atoms with E-state index in [0.29, 0.717) is 6.54 Å².